The molecule has 0 bridgehead atoms. The third kappa shape index (κ3) is 4.31. The van der Waals surface area contributed by atoms with E-state index in [0.29, 0.717) is 11.8 Å². The Hall–Kier alpha value is -3.35. The van der Waals surface area contributed by atoms with Gasteiger partial charge in [-0.1, -0.05) is 12.1 Å². The lowest BCUT2D eigenvalue weighted by Gasteiger charge is -2.04. The number of hydrogen-bond acceptors (Lipinski definition) is 5. The molecule has 0 N–H and O–H groups in total. The van der Waals surface area contributed by atoms with E-state index in [0.717, 1.165) is 18.2 Å². The second-order valence-electron chi connectivity index (χ2n) is 4.40. The van der Waals surface area contributed by atoms with E-state index in [1.807, 2.05) is 0 Å². The molecule has 0 aliphatic rings. The fourth-order valence-corrected chi connectivity index (χ4v) is 1.72. The summed E-state index contributed by atoms with van der Waals surface area (Å²) in [5.41, 5.74) is 0.194. The number of aldehydes is 1. The van der Waals surface area contributed by atoms with Crippen LogP contribution in [0.4, 0.5) is 10.1 Å². The van der Waals surface area contributed by atoms with Crippen molar-refractivity contribution < 1.29 is 23.6 Å². The van der Waals surface area contributed by atoms with Gasteiger partial charge < -0.3 is 4.74 Å². The van der Waals surface area contributed by atoms with Crippen molar-refractivity contribution in [2.45, 2.75) is 0 Å². The van der Waals surface area contributed by atoms with Crippen molar-refractivity contribution in [3.05, 3.63) is 75.6 Å². The van der Waals surface area contributed by atoms with Crippen molar-refractivity contribution in [2.75, 3.05) is 0 Å². The molecule has 0 aliphatic carbocycles. The fraction of sp³-hybridized carbons (Fsp3) is 0. The van der Waals surface area contributed by atoms with Crippen molar-refractivity contribution in [1.82, 2.24) is 0 Å². The molecule has 6 nitrogen and oxygen atoms in total. The zero-order valence-corrected chi connectivity index (χ0v) is 11.6. The van der Waals surface area contributed by atoms with Gasteiger partial charge >= 0.3 is 5.97 Å². The average Bonchev–Trinajstić information content (AvgIpc) is 2.54. The van der Waals surface area contributed by atoms with E-state index < -0.39 is 16.7 Å². The van der Waals surface area contributed by atoms with Crippen LogP contribution in [0.15, 0.2) is 48.5 Å². The van der Waals surface area contributed by atoms with E-state index in [1.165, 1.54) is 36.4 Å². The van der Waals surface area contributed by atoms with E-state index in [1.54, 1.807) is 0 Å². The first kappa shape index (κ1) is 16.0. The van der Waals surface area contributed by atoms with Gasteiger partial charge in [-0.2, -0.15) is 0 Å². The van der Waals surface area contributed by atoms with Crippen LogP contribution in [0, 0.1) is 15.9 Å². The largest absolute Gasteiger partial charge is 0.423 e. The van der Waals surface area contributed by atoms with E-state index >= 15 is 0 Å². The molecule has 0 fully saturated rings. The van der Waals surface area contributed by atoms with Gasteiger partial charge in [0.15, 0.2) is 6.29 Å². The lowest BCUT2D eigenvalue weighted by Crippen LogP contribution is -2.06. The normalized spacial score (nSPS) is 10.5. The van der Waals surface area contributed by atoms with Crippen LogP contribution in [0.3, 0.4) is 0 Å². The molecule has 23 heavy (non-hydrogen) atoms. The quantitative estimate of drug-likeness (QED) is 0.211. The van der Waals surface area contributed by atoms with Gasteiger partial charge in [0, 0.05) is 18.2 Å². The molecular formula is C16H10FNO5. The molecule has 0 radical (unpaired) electrons. The molecule has 0 atom stereocenters. The van der Waals surface area contributed by atoms with Crippen molar-refractivity contribution in [2.24, 2.45) is 0 Å². The van der Waals surface area contributed by atoms with Crippen molar-refractivity contribution in [1.29, 1.82) is 0 Å². The Labute approximate surface area is 130 Å². The number of carbonyl (C=O) groups is 2. The molecule has 2 aromatic carbocycles. The molecule has 0 amide bonds. The predicted molar refractivity (Wildman–Crippen MR) is 79.6 cm³/mol. The molecule has 2 aromatic rings. The summed E-state index contributed by atoms with van der Waals surface area (Å²) in [6, 6.07) is 8.74. The minimum Gasteiger partial charge on any atom is -0.423 e. The number of rotatable bonds is 5. The first-order chi connectivity index (χ1) is 11.0. The number of benzene rings is 2. The molecule has 0 saturated carbocycles. The van der Waals surface area contributed by atoms with Gasteiger partial charge in [0.25, 0.3) is 5.69 Å². The van der Waals surface area contributed by atoms with E-state index in [9.17, 15) is 24.1 Å². The number of nitro groups is 1. The summed E-state index contributed by atoms with van der Waals surface area (Å²) in [5, 5.41) is 10.6. The highest BCUT2D eigenvalue weighted by atomic mass is 19.1. The van der Waals surface area contributed by atoms with Crippen LogP contribution in [0.2, 0.25) is 0 Å². The van der Waals surface area contributed by atoms with E-state index in [4.69, 9.17) is 4.74 Å². The molecule has 0 saturated heterocycles. The Morgan fingerprint density at radius 3 is 2.48 bits per heavy atom. The van der Waals surface area contributed by atoms with Crippen LogP contribution < -0.4 is 4.74 Å². The maximum atomic E-state index is 12.7. The predicted octanol–water partition coefficient (Wildman–Crippen LogP) is 3.17. The maximum absolute atomic E-state index is 12.7. The lowest BCUT2D eigenvalue weighted by atomic mass is 10.2. The van der Waals surface area contributed by atoms with Crippen LogP contribution in [-0.2, 0) is 4.79 Å². The van der Waals surface area contributed by atoms with Crippen molar-refractivity contribution in [3.63, 3.8) is 0 Å². The number of nitro benzene ring substituents is 1. The van der Waals surface area contributed by atoms with Gasteiger partial charge in [0.05, 0.1) is 10.5 Å². The maximum Gasteiger partial charge on any atom is 0.336 e. The van der Waals surface area contributed by atoms with Crippen LogP contribution >= 0.6 is 0 Å². The highest BCUT2D eigenvalue weighted by molar-refractivity contribution is 5.90. The molecule has 2 rings (SSSR count). The first-order valence-corrected chi connectivity index (χ1v) is 6.38. The third-order valence-electron chi connectivity index (χ3n) is 2.82. The molecule has 0 aliphatic heterocycles. The standard InChI is InChI=1S/C16H10FNO5/c17-13-4-1-11(2-5-13)3-8-16(20)23-15-7-6-14(18(21)22)9-12(15)10-19/h1-10H/b8-3+. The number of ether oxygens (including phenoxy) is 1. The molecule has 0 heterocycles. The Bertz CT molecular complexity index is 784. The van der Waals surface area contributed by atoms with E-state index in [2.05, 4.69) is 0 Å². The SMILES string of the molecule is O=Cc1cc([N+](=O)[O-])ccc1OC(=O)/C=C/c1ccc(F)cc1. The second kappa shape index (κ2) is 7.08. The lowest BCUT2D eigenvalue weighted by molar-refractivity contribution is -0.384. The number of halogens is 1. The smallest absolute Gasteiger partial charge is 0.336 e. The van der Waals surface area contributed by atoms with Crippen LogP contribution in [0.1, 0.15) is 15.9 Å². The number of carbonyl (C=O) groups excluding carboxylic acids is 2. The summed E-state index contributed by atoms with van der Waals surface area (Å²) >= 11 is 0. The Kier molecular flexibility index (Phi) is 4.93. The van der Waals surface area contributed by atoms with Crippen molar-refractivity contribution in [3.8, 4) is 5.75 Å². The van der Waals surface area contributed by atoms with Crippen LogP contribution in [0.5, 0.6) is 5.75 Å². The number of nitrogens with zero attached hydrogens (tertiary/aromatic N) is 1. The summed E-state index contributed by atoms with van der Waals surface area (Å²) in [6.45, 7) is 0. The zero-order chi connectivity index (χ0) is 16.8. The second-order valence-corrected chi connectivity index (χ2v) is 4.40. The third-order valence-corrected chi connectivity index (χ3v) is 2.82. The molecule has 0 spiro atoms. The summed E-state index contributed by atoms with van der Waals surface area (Å²) in [5.74, 6) is -1.25. The molecule has 0 aromatic heterocycles. The van der Waals surface area contributed by atoms with Gasteiger partial charge in [0.1, 0.15) is 11.6 Å². The molecular weight excluding hydrogens is 305 g/mol. The van der Waals surface area contributed by atoms with Gasteiger partial charge in [0.2, 0.25) is 0 Å². The first-order valence-electron chi connectivity index (χ1n) is 6.38. The van der Waals surface area contributed by atoms with Crippen molar-refractivity contribution >= 4 is 24.0 Å². The highest BCUT2D eigenvalue weighted by Gasteiger charge is 2.13. The molecule has 0 unspecified atom stereocenters. The monoisotopic (exact) mass is 315 g/mol. The van der Waals surface area contributed by atoms with Gasteiger partial charge in [-0.3, -0.25) is 14.9 Å². The van der Waals surface area contributed by atoms with Crippen LogP contribution in [-0.4, -0.2) is 17.2 Å². The molecule has 7 heteroatoms. The topological polar surface area (TPSA) is 86.5 Å². The number of hydrogen-bond donors (Lipinski definition) is 0. The Morgan fingerprint density at radius 1 is 1.17 bits per heavy atom. The summed E-state index contributed by atoms with van der Waals surface area (Å²) in [4.78, 5) is 32.6. The summed E-state index contributed by atoms with van der Waals surface area (Å²) in [6.07, 6.45) is 2.87. The fourth-order valence-electron chi connectivity index (χ4n) is 1.72. The van der Waals surface area contributed by atoms with Gasteiger partial charge in [-0.25, -0.2) is 9.18 Å². The summed E-state index contributed by atoms with van der Waals surface area (Å²) < 4.78 is 17.7. The van der Waals surface area contributed by atoms with Crippen LogP contribution in [0.25, 0.3) is 6.08 Å². The summed E-state index contributed by atoms with van der Waals surface area (Å²) in [7, 11) is 0. The number of esters is 1. The highest BCUT2D eigenvalue weighted by Crippen LogP contribution is 2.23. The van der Waals surface area contributed by atoms with Gasteiger partial charge in [-0.15, -0.1) is 0 Å². The van der Waals surface area contributed by atoms with Gasteiger partial charge in [-0.05, 0) is 29.8 Å². The average molecular weight is 315 g/mol. The molecule has 116 valence electrons. The Balaban J connectivity index is 2.12. The minimum atomic E-state index is -0.772. The zero-order valence-electron chi connectivity index (χ0n) is 11.6. The number of non-ortho nitro benzene ring substituents is 1. The van der Waals surface area contributed by atoms with E-state index in [-0.39, 0.29) is 17.0 Å². The Morgan fingerprint density at radius 2 is 1.87 bits per heavy atom. The minimum absolute atomic E-state index is 0.0839.